The highest BCUT2D eigenvalue weighted by Crippen LogP contribution is 2.74. The molecule has 4 aliphatic heterocycles. The van der Waals surface area contributed by atoms with Gasteiger partial charge in [-0.3, -0.25) is 0 Å². The molecule has 2 aliphatic carbocycles. The van der Waals surface area contributed by atoms with Crippen molar-refractivity contribution in [3.8, 4) is 0 Å². The van der Waals surface area contributed by atoms with E-state index in [1.54, 1.807) is 25.2 Å². The highest BCUT2D eigenvalue weighted by Gasteiger charge is 2.87. The number of allylic oxidation sites excluding steroid dienone is 2. The van der Waals surface area contributed by atoms with E-state index in [9.17, 15) is 14.7 Å². The molecular formula is C29H36O9. The normalized spacial score (nSPS) is 50.0. The van der Waals surface area contributed by atoms with Crippen molar-refractivity contribution in [3.63, 3.8) is 0 Å². The summed E-state index contributed by atoms with van der Waals surface area (Å²) in [7, 11) is 0. The van der Waals surface area contributed by atoms with Gasteiger partial charge in [-0.1, -0.05) is 36.8 Å². The fourth-order valence-corrected chi connectivity index (χ4v) is 7.26. The summed E-state index contributed by atoms with van der Waals surface area (Å²) in [6, 6.07) is 0. The summed E-state index contributed by atoms with van der Waals surface area (Å²) in [5.74, 6) is -0.948. The molecule has 2 spiro atoms. The number of hydrogen-bond acceptors (Lipinski definition) is 9. The Morgan fingerprint density at radius 1 is 1.08 bits per heavy atom. The average molecular weight is 529 g/mol. The van der Waals surface area contributed by atoms with Crippen LogP contribution >= 0.6 is 0 Å². The summed E-state index contributed by atoms with van der Waals surface area (Å²) in [6.07, 6.45) is 8.09. The van der Waals surface area contributed by atoms with Crippen molar-refractivity contribution in [2.75, 3.05) is 19.8 Å². The summed E-state index contributed by atoms with van der Waals surface area (Å²) < 4.78 is 36.8. The Balaban J connectivity index is 1.38. The van der Waals surface area contributed by atoms with Gasteiger partial charge >= 0.3 is 11.9 Å². The van der Waals surface area contributed by atoms with Crippen LogP contribution in [0.3, 0.4) is 0 Å². The number of carbonyl (C=O) groups is 2. The molecule has 4 heterocycles. The molecule has 3 saturated heterocycles. The first-order valence-corrected chi connectivity index (χ1v) is 13.4. The molecule has 2 bridgehead atoms. The van der Waals surface area contributed by atoms with Crippen LogP contribution in [0.4, 0.5) is 0 Å². The van der Waals surface area contributed by atoms with Gasteiger partial charge in [-0.25, -0.2) is 9.59 Å². The van der Waals surface area contributed by atoms with Crippen LogP contribution in [0.1, 0.15) is 40.5 Å². The molecule has 10 atom stereocenters. The van der Waals surface area contributed by atoms with Crippen LogP contribution in [0.25, 0.3) is 0 Å². The number of aliphatic hydroxyl groups is 1. The lowest BCUT2D eigenvalue weighted by atomic mass is 9.51. The van der Waals surface area contributed by atoms with Gasteiger partial charge in [0.2, 0.25) is 0 Å². The lowest BCUT2D eigenvalue weighted by molar-refractivity contribution is -0.235. The van der Waals surface area contributed by atoms with Crippen molar-refractivity contribution in [1.82, 2.24) is 0 Å². The van der Waals surface area contributed by atoms with Gasteiger partial charge in [-0.15, -0.1) is 0 Å². The summed E-state index contributed by atoms with van der Waals surface area (Å²) in [4.78, 5) is 26.0. The zero-order valence-electron chi connectivity index (χ0n) is 22.3. The predicted molar refractivity (Wildman–Crippen MR) is 134 cm³/mol. The Hall–Kier alpha value is -2.30. The van der Waals surface area contributed by atoms with Gasteiger partial charge in [0.05, 0.1) is 42.4 Å². The molecule has 1 N–H and O–H groups in total. The largest absolute Gasteiger partial charge is 0.462 e. The van der Waals surface area contributed by atoms with E-state index in [4.69, 9.17) is 28.4 Å². The Morgan fingerprint density at radius 2 is 1.87 bits per heavy atom. The van der Waals surface area contributed by atoms with Crippen molar-refractivity contribution in [2.24, 2.45) is 10.8 Å². The third-order valence-corrected chi connectivity index (χ3v) is 9.58. The average Bonchev–Trinajstić information content (AvgIpc) is 3.76. The topological polar surface area (TPSA) is 116 Å². The van der Waals surface area contributed by atoms with Crippen LogP contribution in [0.2, 0.25) is 0 Å². The van der Waals surface area contributed by atoms with E-state index in [0.29, 0.717) is 26.1 Å². The smallest absolute Gasteiger partial charge is 0.331 e. The Morgan fingerprint density at radius 3 is 2.61 bits per heavy atom. The quantitative estimate of drug-likeness (QED) is 0.311. The van der Waals surface area contributed by atoms with Crippen LogP contribution < -0.4 is 0 Å². The number of epoxide rings is 2. The molecule has 6 rings (SSSR count). The Labute approximate surface area is 222 Å². The van der Waals surface area contributed by atoms with Crippen molar-refractivity contribution >= 4 is 11.9 Å². The molecule has 9 heteroatoms. The molecule has 4 fully saturated rings. The Bertz CT molecular complexity index is 1130. The van der Waals surface area contributed by atoms with Crippen LogP contribution in [-0.2, 0) is 38.0 Å². The van der Waals surface area contributed by atoms with Gasteiger partial charge < -0.3 is 33.5 Å². The van der Waals surface area contributed by atoms with E-state index in [2.05, 4.69) is 13.0 Å². The number of aliphatic hydroxyl groups excluding tert-OH is 1. The first-order chi connectivity index (χ1) is 18.1. The predicted octanol–water partition coefficient (Wildman–Crippen LogP) is 2.33. The van der Waals surface area contributed by atoms with Crippen LogP contribution in [0.5, 0.6) is 0 Å². The minimum atomic E-state index is -0.786. The lowest BCUT2D eigenvalue weighted by Gasteiger charge is -2.57. The SMILES string of the molecule is CC1=C[C@H]2O[C@@H]3C[C@H]4OC(=O)/C=C\C=C\[C@H]([C@@H](C)O)OCC/C(C)=C/C(=O)OC[C@@]2([C@H]2O[C@@H]12)[C@]4(C)[C@]31CO1. The van der Waals surface area contributed by atoms with E-state index < -0.39 is 46.7 Å². The number of ether oxygens (including phenoxy) is 6. The van der Waals surface area contributed by atoms with Gasteiger partial charge in [0.15, 0.2) is 0 Å². The van der Waals surface area contributed by atoms with Crippen molar-refractivity contribution < 1.29 is 43.1 Å². The number of fused-ring (bicyclic) bond motifs is 1. The first kappa shape index (κ1) is 26.0. The van der Waals surface area contributed by atoms with Gasteiger partial charge in [0.25, 0.3) is 0 Å². The third-order valence-electron chi connectivity index (χ3n) is 9.58. The van der Waals surface area contributed by atoms with E-state index >= 15 is 0 Å². The summed E-state index contributed by atoms with van der Waals surface area (Å²) in [5.41, 5.74) is -0.222. The number of hydrogen-bond donors (Lipinski definition) is 1. The van der Waals surface area contributed by atoms with E-state index in [-0.39, 0.29) is 31.0 Å². The standard InChI is InChI=1S/C29H36O9/c1-16-9-10-33-19(18(3)30)7-5-6-8-23(31)37-20-13-22-29(15-35-29)27(20,4)28(14-34-24(32)11-16)21(36-22)12-17(2)25-26(28)38-25/h5-8,11-12,18-22,25-26,30H,9-10,13-15H2,1-4H3/b7-5+,8-6-,16-11+/t18-,19-,20-,21-,22-,25+,26+,27-,28-,29+/m1/s1. The number of cyclic esters (lactones) is 1. The summed E-state index contributed by atoms with van der Waals surface area (Å²) in [5, 5.41) is 10.1. The maximum Gasteiger partial charge on any atom is 0.331 e. The van der Waals surface area contributed by atoms with Crippen molar-refractivity contribution in [3.05, 3.63) is 47.6 Å². The Kier molecular flexibility index (Phi) is 6.23. The second kappa shape index (κ2) is 9.13. The van der Waals surface area contributed by atoms with E-state index in [1.807, 2.05) is 13.8 Å². The minimum Gasteiger partial charge on any atom is -0.462 e. The fourth-order valence-electron chi connectivity index (χ4n) is 7.26. The van der Waals surface area contributed by atoms with Crippen molar-refractivity contribution in [2.45, 2.75) is 88.9 Å². The molecule has 0 aromatic carbocycles. The van der Waals surface area contributed by atoms with Crippen LogP contribution in [0.15, 0.2) is 47.6 Å². The summed E-state index contributed by atoms with van der Waals surface area (Å²) in [6.45, 7) is 8.45. The lowest BCUT2D eigenvalue weighted by Crippen LogP contribution is -2.69. The molecule has 0 amide bonds. The molecule has 0 aromatic rings. The fraction of sp³-hybridized carbons (Fsp3) is 0.655. The second-order valence-corrected chi connectivity index (χ2v) is 11.7. The van der Waals surface area contributed by atoms with E-state index in [0.717, 1.165) is 11.1 Å². The molecule has 206 valence electrons. The van der Waals surface area contributed by atoms with Gasteiger partial charge in [-0.05, 0) is 32.8 Å². The number of carbonyl (C=O) groups excluding carboxylic acids is 2. The zero-order chi connectivity index (χ0) is 26.9. The maximum absolute atomic E-state index is 13.0. The highest BCUT2D eigenvalue weighted by molar-refractivity contribution is 5.83. The summed E-state index contributed by atoms with van der Waals surface area (Å²) >= 11 is 0. The molecule has 1 saturated carbocycles. The monoisotopic (exact) mass is 528 g/mol. The molecular weight excluding hydrogens is 492 g/mol. The number of rotatable bonds is 1. The first-order valence-electron chi connectivity index (χ1n) is 13.4. The molecule has 6 aliphatic rings. The van der Waals surface area contributed by atoms with E-state index in [1.165, 1.54) is 12.2 Å². The second-order valence-electron chi connectivity index (χ2n) is 11.7. The third kappa shape index (κ3) is 3.78. The maximum atomic E-state index is 13.0. The van der Waals surface area contributed by atoms with Crippen molar-refractivity contribution in [1.29, 1.82) is 0 Å². The zero-order valence-corrected chi connectivity index (χ0v) is 22.3. The molecule has 0 unspecified atom stereocenters. The molecule has 9 nitrogen and oxygen atoms in total. The van der Waals surface area contributed by atoms with Gasteiger partial charge in [-0.2, -0.15) is 0 Å². The van der Waals surface area contributed by atoms with Crippen LogP contribution in [0, 0.1) is 10.8 Å². The highest BCUT2D eigenvalue weighted by atomic mass is 16.7. The molecule has 0 aromatic heterocycles. The number of esters is 2. The van der Waals surface area contributed by atoms with Crippen LogP contribution in [-0.4, -0.2) is 85.2 Å². The van der Waals surface area contributed by atoms with Gasteiger partial charge in [0, 0.05) is 18.6 Å². The molecule has 38 heavy (non-hydrogen) atoms. The molecule has 0 radical (unpaired) electrons. The van der Waals surface area contributed by atoms with Gasteiger partial charge in [0.1, 0.15) is 36.6 Å². The minimum absolute atomic E-state index is 0.0484.